The van der Waals surface area contributed by atoms with Crippen LogP contribution in [0.5, 0.6) is 0 Å². The van der Waals surface area contributed by atoms with Crippen LogP contribution in [-0.4, -0.2) is 35.7 Å². The summed E-state index contributed by atoms with van der Waals surface area (Å²) in [5, 5.41) is 11.6. The molecular formula is C15H23NO2S. The summed E-state index contributed by atoms with van der Waals surface area (Å²) in [5.41, 5.74) is 0.525. The molecule has 3 nitrogen and oxygen atoms in total. The Balaban J connectivity index is 2.36. The van der Waals surface area contributed by atoms with Crippen molar-refractivity contribution in [3.63, 3.8) is 0 Å². The molecule has 1 aromatic carbocycles. The molecule has 0 aliphatic rings. The largest absolute Gasteiger partial charge is 0.396 e. The maximum atomic E-state index is 12.2. The first-order valence-corrected chi connectivity index (χ1v) is 7.77. The summed E-state index contributed by atoms with van der Waals surface area (Å²) in [6.45, 7) is 4.79. The van der Waals surface area contributed by atoms with Crippen LogP contribution in [0.2, 0.25) is 0 Å². The van der Waals surface area contributed by atoms with Crippen LogP contribution in [0.4, 0.5) is 0 Å². The third kappa shape index (κ3) is 5.25. The Kier molecular flexibility index (Phi) is 6.95. The van der Waals surface area contributed by atoms with Gasteiger partial charge in [-0.15, -0.1) is 0 Å². The standard InChI is InChI=1S/C15H23NO2S/c1-15(2,13-7-4-3-5-8-13)14(18)16-9-12-19-11-6-10-17/h3-5,7-8,17H,6,9-12H2,1-2H3,(H,16,18). The van der Waals surface area contributed by atoms with E-state index in [0.29, 0.717) is 6.54 Å². The van der Waals surface area contributed by atoms with Gasteiger partial charge in [0.1, 0.15) is 0 Å². The molecule has 1 aromatic rings. The molecule has 0 aliphatic carbocycles. The molecule has 0 aliphatic heterocycles. The normalized spacial score (nSPS) is 11.3. The van der Waals surface area contributed by atoms with Gasteiger partial charge in [0.05, 0.1) is 5.41 Å². The van der Waals surface area contributed by atoms with Crippen molar-refractivity contribution in [2.24, 2.45) is 0 Å². The van der Waals surface area contributed by atoms with Crippen molar-refractivity contribution in [2.75, 3.05) is 24.7 Å². The number of aliphatic hydroxyl groups is 1. The van der Waals surface area contributed by atoms with Crippen molar-refractivity contribution in [3.8, 4) is 0 Å². The topological polar surface area (TPSA) is 49.3 Å². The maximum Gasteiger partial charge on any atom is 0.230 e. The Morgan fingerprint density at radius 3 is 2.58 bits per heavy atom. The van der Waals surface area contributed by atoms with Crippen LogP contribution in [-0.2, 0) is 10.2 Å². The van der Waals surface area contributed by atoms with E-state index in [9.17, 15) is 4.79 Å². The second-order valence-electron chi connectivity index (χ2n) is 4.94. The van der Waals surface area contributed by atoms with Gasteiger partial charge in [0.25, 0.3) is 0 Å². The van der Waals surface area contributed by atoms with Gasteiger partial charge >= 0.3 is 0 Å². The molecule has 4 heteroatoms. The lowest BCUT2D eigenvalue weighted by atomic mass is 9.84. The smallest absolute Gasteiger partial charge is 0.230 e. The monoisotopic (exact) mass is 281 g/mol. The zero-order valence-electron chi connectivity index (χ0n) is 11.7. The summed E-state index contributed by atoms with van der Waals surface area (Å²) in [5.74, 6) is 1.88. The van der Waals surface area contributed by atoms with Crippen molar-refractivity contribution >= 4 is 17.7 Å². The van der Waals surface area contributed by atoms with E-state index in [1.165, 1.54) is 0 Å². The lowest BCUT2D eigenvalue weighted by molar-refractivity contribution is -0.125. The molecule has 0 unspecified atom stereocenters. The maximum absolute atomic E-state index is 12.2. The zero-order chi connectivity index (χ0) is 14.1. The summed E-state index contributed by atoms with van der Waals surface area (Å²) in [6.07, 6.45) is 0.814. The number of carbonyl (C=O) groups excluding carboxylic acids is 1. The van der Waals surface area contributed by atoms with Crippen LogP contribution in [0.1, 0.15) is 25.8 Å². The van der Waals surface area contributed by atoms with Crippen LogP contribution < -0.4 is 5.32 Å². The van der Waals surface area contributed by atoms with Gasteiger partial charge in [0.2, 0.25) is 5.91 Å². The lowest BCUT2D eigenvalue weighted by Crippen LogP contribution is -2.41. The third-order valence-electron chi connectivity index (χ3n) is 3.04. The number of hydrogen-bond donors (Lipinski definition) is 2. The van der Waals surface area contributed by atoms with E-state index in [0.717, 1.165) is 23.5 Å². The van der Waals surface area contributed by atoms with E-state index in [-0.39, 0.29) is 12.5 Å². The second kappa shape index (κ2) is 8.23. The Morgan fingerprint density at radius 2 is 1.95 bits per heavy atom. The first-order valence-electron chi connectivity index (χ1n) is 6.61. The molecular weight excluding hydrogens is 258 g/mol. The molecule has 0 bridgehead atoms. The summed E-state index contributed by atoms with van der Waals surface area (Å²) in [6, 6.07) is 9.82. The Labute approximate surface area is 119 Å². The minimum absolute atomic E-state index is 0.0569. The van der Waals surface area contributed by atoms with E-state index < -0.39 is 5.41 Å². The van der Waals surface area contributed by atoms with Crippen molar-refractivity contribution < 1.29 is 9.90 Å². The summed E-state index contributed by atoms with van der Waals surface area (Å²) in [4.78, 5) is 12.2. The molecule has 1 amide bonds. The van der Waals surface area contributed by atoms with E-state index in [4.69, 9.17) is 5.11 Å². The van der Waals surface area contributed by atoms with Gasteiger partial charge in [-0.3, -0.25) is 4.79 Å². The fourth-order valence-corrected chi connectivity index (χ4v) is 2.50. The van der Waals surface area contributed by atoms with Gasteiger partial charge < -0.3 is 10.4 Å². The molecule has 2 N–H and O–H groups in total. The molecule has 0 fully saturated rings. The van der Waals surface area contributed by atoms with Crippen LogP contribution in [0, 0.1) is 0 Å². The summed E-state index contributed by atoms with van der Waals surface area (Å²) < 4.78 is 0. The van der Waals surface area contributed by atoms with Crippen LogP contribution in [0.25, 0.3) is 0 Å². The van der Waals surface area contributed by atoms with E-state index in [1.54, 1.807) is 11.8 Å². The van der Waals surface area contributed by atoms with Crippen molar-refractivity contribution in [2.45, 2.75) is 25.7 Å². The SMILES string of the molecule is CC(C)(C(=O)NCCSCCCO)c1ccccc1. The second-order valence-corrected chi connectivity index (χ2v) is 6.16. The fraction of sp³-hybridized carbons (Fsp3) is 0.533. The summed E-state index contributed by atoms with van der Waals surface area (Å²) in [7, 11) is 0. The third-order valence-corrected chi connectivity index (χ3v) is 4.11. The fourth-order valence-electron chi connectivity index (χ4n) is 1.71. The highest BCUT2D eigenvalue weighted by atomic mass is 32.2. The first-order chi connectivity index (χ1) is 9.09. The number of hydrogen-bond acceptors (Lipinski definition) is 3. The average molecular weight is 281 g/mol. The van der Waals surface area contributed by atoms with Crippen molar-refractivity contribution in [1.82, 2.24) is 5.32 Å². The predicted molar refractivity (Wildman–Crippen MR) is 81.5 cm³/mol. The Hall–Kier alpha value is -1.00. The van der Waals surface area contributed by atoms with Gasteiger partial charge in [-0.2, -0.15) is 11.8 Å². The number of amides is 1. The van der Waals surface area contributed by atoms with Crippen molar-refractivity contribution in [1.29, 1.82) is 0 Å². The first kappa shape index (κ1) is 16.1. The number of carbonyl (C=O) groups is 1. The molecule has 19 heavy (non-hydrogen) atoms. The summed E-state index contributed by atoms with van der Waals surface area (Å²) >= 11 is 1.75. The molecule has 0 spiro atoms. The highest BCUT2D eigenvalue weighted by Gasteiger charge is 2.28. The molecule has 0 saturated carbocycles. The highest BCUT2D eigenvalue weighted by molar-refractivity contribution is 7.99. The number of nitrogens with one attached hydrogen (secondary N) is 1. The quantitative estimate of drug-likeness (QED) is 0.718. The minimum atomic E-state index is -0.503. The molecule has 0 radical (unpaired) electrons. The van der Waals surface area contributed by atoms with E-state index in [2.05, 4.69) is 5.32 Å². The molecule has 106 valence electrons. The van der Waals surface area contributed by atoms with Gasteiger partial charge in [-0.25, -0.2) is 0 Å². The lowest BCUT2D eigenvalue weighted by Gasteiger charge is -2.24. The molecule has 1 rings (SSSR count). The van der Waals surface area contributed by atoms with Gasteiger partial charge in [0.15, 0.2) is 0 Å². The van der Waals surface area contributed by atoms with Gasteiger partial charge in [0, 0.05) is 18.9 Å². The van der Waals surface area contributed by atoms with Crippen LogP contribution >= 0.6 is 11.8 Å². The molecule has 0 aromatic heterocycles. The van der Waals surface area contributed by atoms with E-state index >= 15 is 0 Å². The number of thioether (sulfide) groups is 1. The zero-order valence-corrected chi connectivity index (χ0v) is 12.5. The number of benzene rings is 1. The average Bonchev–Trinajstić information content (AvgIpc) is 2.43. The Morgan fingerprint density at radius 1 is 1.26 bits per heavy atom. The van der Waals surface area contributed by atoms with Crippen LogP contribution in [0.15, 0.2) is 30.3 Å². The van der Waals surface area contributed by atoms with E-state index in [1.807, 2.05) is 44.2 Å². The predicted octanol–water partition coefficient (Wildman–Crippen LogP) is 2.20. The van der Waals surface area contributed by atoms with Gasteiger partial charge in [-0.05, 0) is 31.6 Å². The van der Waals surface area contributed by atoms with Crippen LogP contribution in [0.3, 0.4) is 0 Å². The number of rotatable bonds is 8. The molecule has 0 atom stereocenters. The number of aliphatic hydroxyl groups excluding tert-OH is 1. The van der Waals surface area contributed by atoms with Gasteiger partial charge in [-0.1, -0.05) is 30.3 Å². The highest BCUT2D eigenvalue weighted by Crippen LogP contribution is 2.22. The van der Waals surface area contributed by atoms with Crippen molar-refractivity contribution in [3.05, 3.63) is 35.9 Å². The molecule has 0 heterocycles. The molecule has 0 saturated heterocycles. The Bertz CT molecular complexity index is 379. The minimum Gasteiger partial charge on any atom is -0.396 e.